The Morgan fingerprint density at radius 2 is 1.93 bits per heavy atom. The molecule has 0 aliphatic carbocycles. The van der Waals surface area contributed by atoms with Crippen LogP contribution in [-0.2, 0) is 11.3 Å². The van der Waals surface area contributed by atoms with Crippen LogP contribution in [0.4, 0.5) is 10.1 Å². The number of carbonyl (C=O) groups excluding carboxylic acids is 1. The highest BCUT2D eigenvalue weighted by molar-refractivity contribution is 6.33. The minimum atomic E-state index is -0.557. The molecule has 1 heterocycles. The summed E-state index contributed by atoms with van der Waals surface area (Å²) in [6.45, 7) is 3.34. The quantitative estimate of drug-likeness (QED) is 0.707. The van der Waals surface area contributed by atoms with Gasteiger partial charge in [0.1, 0.15) is 12.4 Å². The maximum atomic E-state index is 13.2. The predicted molar refractivity (Wildman–Crippen MR) is 108 cm³/mol. The molecule has 3 aromatic rings. The molecule has 6 nitrogen and oxygen atoms in total. The van der Waals surface area contributed by atoms with Crippen LogP contribution >= 0.6 is 11.6 Å². The van der Waals surface area contributed by atoms with Crippen molar-refractivity contribution in [3.8, 4) is 0 Å². The molecule has 0 spiro atoms. The van der Waals surface area contributed by atoms with Crippen LogP contribution in [0.2, 0.25) is 5.02 Å². The van der Waals surface area contributed by atoms with Crippen molar-refractivity contribution in [3.05, 3.63) is 74.1 Å². The molecule has 1 atom stereocenters. The van der Waals surface area contributed by atoms with Gasteiger partial charge in [-0.25, -0.2) is 9.18 Å². The molecule has 0 aliphatic rings. The van der Waals surface area contributed by atoms with Crippen LogP contribution in [-0.4, -0.2) is 15.0 Å². The molecule has 1 N–H and O–H groups in total. The van der Waals surface area contributed by atoms with E-state index in [1.807, 2.05) is 6.92 Å². The SMILES string of the molecule is CCC(C)n1c(=O)c2ccccc2n(CC(=O)Nc2ccc(F)cc2Cl)c1=O. The summed E-state index contributed by atoms with van der Waals surface area (Å²) in [5.74, 6) is -1.04. The normalized spacial score (nSPS) is 12.1. The van der Waals surface area contributed by atoms with E-state index in [1.165, 1.54) is 21.3 Å². The maximum absolute atomic E-state index is 13.2. The fourth-order valence-corrected chi connectivity index (χ4v) is 3.20. The van der Waals surface area contributed by atoms with Gasteiger partial charge in [0.2, 0.25) is 5.91 Å². The van der Waals surface area contributed by atoms with Crippen molar-refractivity contribution in [1.82, 2.24) is 9.13 Å². The Balaban J connectivity index is 2.06. The first kappa shape index (κ1) is 19.8. The Hall–Kier alpha value is -2.93. The first-order chi connectivity index (χ1) is 13.3. The number of halogens is 2. The number of hydrogen-bond acceptors (Lipinski definition) is 3. The smallest absolute Gasteiger partial charge is 0.323 e. The second-order valence-corrected chi connectivity index (χ2v) is 6.90. The second kappa shape index (κ2) is 7.98. The van der Waals surface area contributed by atoms with Gasteiger partial charge < -0.3 is 5.32 Å². The third-order valence-electron chi connectivity index (χ3n) is 4.62. The first-order valence-electron chi connectivity index (χ1n) is 8.82. The largest absolute Gasteiger partial charge is 0.332 e. The molecule has 1 amide bonds. The highest BCUT2D eigenvalue weighted by Gasteiger charge is 2.18. The summed E-state index contributed by atoms with van der Waals surface area (Å²) in [4.78, 5) is 38.3. The van der Waals surface area contributed by atoms with Gasteiger partial charge in [-0.05, 0) is 43.7 Å². The highest BCUT2D eigenvalue weighted by atomic mass is 35.5. The number of anilines is 1. The number of nitrogens with one attached hydrogen (secondary N) is 1. The van der Waals surface area contributed by atoms with Crippen molar-refractivity contribution in [1.29, 1.82) is 0 Å². The van der Waals surface area contributed by atoms with Crippen LogP contribution in [0, 0.1) is 5.82 Å². The molecule has 0 fully saturated rings. The fraction of sp³-hybridized carbons (Fsp3) is 0.250. The number of carbonyl (C=O) groups is 1. The van der Waals surface area contributed by atoms with Gasteiger partial charge >= 0.3 is 5.69 Å². The van der Waals surface area contributed by atoms with E-state index in [2.05, 4.69) is 5.32 Å². The van der Waals surface area contributed by atoms with Crippen molar-refractivity contribution in [2.45, 2.75) is 32.9 Å². The van der Waals surface area contributed by atoms with Crippen LogP contribution in [0.1, 0.15) is 26.3 Å². The number of nitrogens with zero attached hydrogens (tertiary/aromatic N) is 2. The average molecular weight is 404 g/mol. The number of hydrogen-bond donors (Lipinski definition) is 1. The lowest BCUT2D eigenvalue weighted by molar-refractivity contribution is -0.116. The number of fused-ring (bicyclic) bond motifs is 1. The van der Waals surface area contributed by atoms with Gasteiger partial charge in [-0.1, -0.05) is 30.7 Å². The second-order valence-electron chi connectivity index (χ2n) is 6.49. The minimum absolute atomic E-state index is 0.0510. The Kier molecular flexibility index (Phi) is 5.65. The Bertz CT molecular complexity index is 1170. The Labute approximate surface area is 165 Å². The van der Waals surface area contributed by atoms with E-state index in [0.717, 1.165) is 6.07 Å². The van der Waals surface area contributed by atoms with Gasteiger partial charge in [0.15, 0.2) is 0 Å². The molecule has 2 aromatic carbocycles. The van der Waals surface area contributed by atoms with Crippen LogP contribution in [0.15, 0.2) is 52.1 Å². The number of amides is 1. The minimum Gasteiger partial charge on any atom is -0.323 e. The molecule has 8 heteroatoms. The fourth-order valence-electron chi connectivity index (χ4n) is 2.99. The summed E-state index contributed by atoms with van der Waals surface area (Å²) in [6.07, 6.45) is 0.588. The predicted octanol–water partition coefficient (Wildman–Crippen LogP) is 3.57. The van der Waals surface area contributed by atoms with E-state index in [-0.39, 0.29) is 28.9 Å². The summed E-state index contributed by atoms with van der Waals surface area (Å²) >= 11 is 5.94. The lowest BCUT2D eigenvalue weighted by Crippen LogP contribution is -2.43. The molecule has 0 radical (unpaired) electrons. The van der Waals surface area contributed by atoms with Gasteiger partial charge in [-0.3, -0.25) is 18.7 Å². The lowest BCUT2D eigenvalue weighted by atomic mass is 10.2. The summed E-state index contributed by atoms with van der Waals surface area (Å²) in [5, 5.41) is 2.98. The van der Waals surface area contributed by atoms with Crippen molar-refractivity contribution in [2.24, 2.45) is 0 Å². The van der Waals surface area contributed by atoms with Gasteiger partial charge in [-0.15, -0.1) is 0 Å². The molecule has 146 valence electrons. The van der Waals surface area contributed by atoms with E-state index >= 15 is 0 Å². The number of aromatic nitrogens is 2. The molecule has 28 heavy (non-hydrogen) atoms. The van der Waals surface area contributed by atoms with Crippen molar-refractivity contribution in [3.63, 3.8) is 0 Å². The van der Waals surface area contributed by atoms with Gasteiger partial charge in [0.05, 0.1) is 21.6 Å². The number of para-hydroxylation sites is 1. The zero-order valence-electron chi connectivity index (χ0n) is 15.4. The monoisotopic (exact) mass is 403 g/mol. The van der Waals surface area contributed by atoms with Crippen LogP contribution in [0.25, 0.3) is 10.9 Å². The van der Waals surface area contributed by atoms with Gasteiger partial charge in [-0.2, -0.15) is 0 Å². The van der Waals surface area contributed by atoms with E-state index in [1.54, 1.807) is 31.2 Å². The molecule has 0 saturated carbocycles. The van der Waals surface area contributed by atoms with E-state index in [9.17, 15) is 18.8 Å². The molecule has 0 bridgehead atoms. The molecule has 1 unspecified atom stereocenters. The third-order valence-corrected chi connectivity index (χ3v) is 4.93. The highest BCUT2D eigenvalue weighted by Crippen LogP contribution is 2.22. The molecule has 3 rings (SSSR count). The molecule has 0 saturated heterocycles. The maximum Gasteiger partial charge on any atom is 0.332 e. The average Bonchev–Trinajstić information content (AvgIpc) is 2.67. The Morgan fingerprint density at radius 1 is 1.21 bits per heavy atom. The van der Waals surface area contributed by atoms with Gasteiger partial charge in [0, 0.05) is 6.04 Å². The van der Waals surface area contributed by atoms with E-state index in [0.29, 0.717) is 17.3 Å². The van der Waals surface area contributed by atoms with Crippen molar-refractivity contribution < 1.29 is 9.18 Å². The Morgan fingerprint density at radius 3 is 2.61 bits per heavy atom. The topological polar surface area (TPSA) is 73.1 Å². The van der Waals surface area contributed by atoms with Crippen molar-refractivity contribution >= 4 is 34.1 Å². The molecular formula is C20H19ClFN3O3. The number of benzene rings is 2. The van der Waals surface area contributed by atoms with Crippen LogP contribution in [0.5, 0.6) is 0 Å². The van der Waals surface area contributed by atoms with Crippen LogP contribution < -0.4 is 16.6 Å². The molecule has 0 aliphatic heterocycles. The molecular weight excluding hydrogens is 385 g/mol. The third kappa shape index (κ3) is 3.71. The van der Waals surface area contributed by atoms with Crippen LogP contribution in [0.3, 0.4) is 0 Å². The van der Waals surface area contributed by atoms with Gasteiger partial charge in [0.25, 0.3) is 5.56 Å². The zero-order chi connectivity index (χ0) is 20.4. The molecule has 1 aromatic heterocycles. The van der Waals surface area contributed by atoms with E-state index < -0.39 is 17.4 Å². The standard InChI is InChI=1S/C20H19ClFN3O3/c1-3-12(2)25-19(27)14-6-4-5-7-17(14)24(20(25)28)11-18(26)23-16-9-8-13(22)10-15(16)21/h4-10,12H,3,11H2,1-2H3,(H,23,26). The summed E-state index contributed by atoms with van der Waals surface area (Å²) in [7, 11) is 0. The summed E-state index contributed by atoms with van der Waals surface area (Å²) in [6, 6.07) is 9.94. The lowest BCUT2D eigenvalue weighted by Gasteiger charge is -2.17. The zero-order valence-corrected chi connectivity index (χ0v) is 16.2. The van der Waals surface area contributed by atoms with Crippen molar-refractivity contribution in [2.75, 3.05) is 5.32 Å². The summed E-state index contributed by atoms with van der Waals surface area (Å²) < 4.78 is 15.6. The van der Waals surface area contributed by atoms with E-state index in [4.69, 9.17) is 11.6 Å². The number of rotatable bonds is 5. The first-order valence-corrected chi connectivity index (χ1v) is 9.20. The summed E-state index contributed by atoms with van der Waals surface area (Å²) in [5.41, 5.74) is -0.329.